The Bertz CT molecular complexity index is 2450. The van der Waals surface area contributed by atoms with Crippen molar-refractivity contribution in [1.82, 2.24) is 34.0 Å². The Morgan fingerprint density at radius 1 is 1.07 bits per heavy atom. The van der Waals surface area contributed by atoms with Crippen LogP contribution in [0.15, 0.2) is 65.7 Å². The number of fused-ring (bicyclic) bond motifs is 1. The average Bonchev–Trinajstić information content (AvgIpc) is 3.67. The van der Waals surface area contributed by atoms with Crippen LogP contribution in [0.3, 0.4) is 0 Å². The summed E-state index contributed by atoms with van der Waals surface area (Å²) in [7, 11) is 0. The largest absolute Gasteiger partial charge is 0.485 e. The van der Waals surface area contributed by atoms with E-state index in [2.05, 4.69) is 20.4 Å². The molecular formula is C40H41ClF3N9O5. The third-order valence-corrected chi connectivity index (χ3v) is 10.8. The SMILES string of the molecule is CCc1c(N2CCN(C(=O)c3ncnc(C)c3OCc3ccccc3)[C@@H](C)[C@@H]2C)c(=O)n2nc(C3=CCOCC3)nc2n1CC(=O)Nc1ccc(C(F)(F)F)cc1Cl. The van der Waals surface area contributed by atoms with Crippen LogP contribution in [0, 0.1) is 6.92 Å². The zero-order valence-corrected chi connectivity index (χ0v) is 33.0. The summed E-state index contributed by atoms with van der Waals surface area (Å²) in [5.74, 6) is -0.261. The highest BCUT2D eigenvalue weighted by atomic mass is 35.5. The summed E-state index contributed by atoms with van der Waals surface area (Å²) in [4.78, 5) is 59.5. The molecule has 7 rings (SSSR count). The van der Waals surface area contributed by atoms with Gasteiger partial charge in [0.15, 0.2) is 17.3 Å². The molecule has 0 radical (unpaired) electrons. The van der Waals surface area contributed by atoms with Crippen molar-refractivity contribution in [3.05, 3.63) is 110 Å². The standard InChI is InChI=1S/C40H41ClF3N9O5/c1-5-31-34(50-15-16-51(25(4)24(50)3)37(55)33-35(23(2)45-22-46-33)58-21-26-9-7-6-8-10-26)38(56)53-39(48-36(49-53)27-13-17-57-18-14-27)52(31)20-32(54)47-30-12-11-28(19-29(30)41)40(42,43)44/h6-13,19,22,24-25H,5,14-18,20-21H2,1-4H3,(H,47,54)/t24-,25-/m0/s1. The van der Waals surface area contributed by atoms with E-state index in [0.29, 0.717) is 36.8 Å². The van der Waals surface area contributed by atoms with Gasteiger partial charge in [-0.1, -0.05) is 54.9 Å². The Balaban J connectivity index is 1.22. The van der Waals surface area contributed by atoms with Crippen LogP contribution in [-0.2, 0) is 35.3 Å². The van der Waals surface area contributed by atoms with E-state index in [4.69, 9.17) is 26.1 Å². The van der Waals surface area contributed by atoms with Crippen LogP contribution in [0.4, 0.5) is 24.5 Å². The van der Waals surface area contributed by atoms with Gasteiger partial charge in [0.2, 0.25) is 11.7 Å². The second-order valence-corrected chi connectivity index (χ2v) is 14.5. The van der Waals surface area contributed by atoms with Crippen LogP contribution in [-0.4, -0.2) is 84.2 Å². The summed E-state index contributed by atoms with van der Waals surface area (Å²) in [6.07, 6.45) is -0.644. The van der Waals surface area contributed by atoms with E-state index >= 15 is 0 Å². The lowest BCUT2D eigenvalue weighted by molar-refractivity contribution is -0.137. The zero-order valence-electron chi connectivity index (χ0n) is 32.2. The van der Waals surface area contributed by atoms with Gasteiger partial charge in [-0.2, -0.15) is 22.7 Å². The molecule has 1 fully saturated rings. The number of alkyl halides is 3. The molecule has 0 unspecified atom stereocenters. The lowest BCUT2D eigenvalue weighted by Gasteiger charge is -2.46. The summed E-state index contributed by atoms with van der Waals surface area (Å²) in [6, 6.07) is 11.4. The average molecular weight is 820 g/mol. The van der Waals surface area contributed by atoms with Crippen molar-refractivity contribution in [1.29, 1.82) is 0 Å². The zero-order chi connectivity index (χ0) is 41.3. The van der Waals surface area contributed by atoms with Crippen LogP contribution in [0.25, 0.3) is 11.4 Å². The second-order valence-electron chi connectivity index (χ2n) is 14.1. The van der Waals surface area contributed by atoms with Crippen LogP contribution < -0.4 is 20.5 Å². The minimum absolute atomic E-state index is 0.0136. The highest BCUT2D eigenvalue weighted by Gasteiger charge is 2.39. The van der Waals surface area contributed by atoms with Gasteiger partial charge in [-0.05, 0) is 62.9 Å². The van der Waals surface area contributed by atoms with Gasteiger partial charge in [-0.25, -0.2) is 9.97 Å². The quantitative estimate of drug-likeness (QED) is 0.178. The lowest BCUT2D eigenvalue weighted by atomic mass is 10.0. The third-order valence-electron chi connectivity index (χ3n) is 10.5. The van der Waals surface area contributed by atoms with Gasteiger partial charge in [-0.3, -0.25) is 14.4 Å². The summed E-state index contributed by atoms with van der Waals surface area (Å²) in [5, 5.41) is 6.94. The number of hydrogen-bond acceptors (Lipinski definition) is 10. The van der Waals surface area contributed by atoms with Crippen molar-refractivity contribution < 1.29 is 32.2 Å². The Morgan fingerprint density at radius 2 is 1.84 bits per heavy atom. The van der Waals surface area contributed by atoms with E-state index in [1.54, 1.807) is 16.4 Å². The van der Waals surface area contributed by atoms with Crippen molar-refractivity contribution in [3.63, 3.8) is 0 Å². The van der Waals surface area contributed by atoms with Crippen molar-refractivity contribution in [2.75, 3.05) is 36.5 Å². The number of rotatable bonds is 10. The highest BCUT2D eigenvalue weighted by Crippen LogP contribution is 2.34. The number of aryl methyl sites for hydroxylation is 1. The number of carbonyl (C=O) groups is 2. The van der Waals surface area contributed by atoms with Gasteiger partial charge in [-0.15, -0.1) is 5.10 Å². The number of aromatic nitrogens is 6. The number of halogens is 4. The first-order valence-corrected chi connectivity index (χ1v) is 19.2. The number of piperazine rings is 1. The van der Waals surface area contributed by atoms with E-state index in [9.17, 15) is 27.6 Å². The molecule has 2 aliphatic heterocycles. The third kappa shape index (κ3) is 8.00. The molecule has 2 atom stereocenters. The topological polar surface area (TPSA) is 149 Å². The van der Waals surface area contributed by atoms with Crippen LogP contribution in [0.1, 0.15) is 66.0 Å². The Morgan fingerprint density at radius 3 is 2.53 bits per heavy atom. The van der Waals surface area contributed by atoms with Gasteiger partial charge >= 0.3 is 6.18 Å². The van der Waals surface area contributed by atoms with E-state index in [1.807, 2.05) is 62.1 Å². The molecule has 2 aliphatic rings. The molecule has 304 valence electrons. The fourth-order valence-corrected chi connectivity index (χ4v) is 7.52. The Hall–Kier alpha value is -5.81. The summed E-state index contributed by atoms with van der Waals surface area (Å²) >= 11 is 6.18. The minimum Gasteiger partial charge on any atom is -0.485 e. The summed E-state index contributed by atoms with van der Waals surface area (Å²) in [6.45, 7) is 8.50. The predicted molar refractivity (Wildman–Crippen MR) is 210 cm³/mol. The van der Waals surface area contributed by atoms with Crippen molar-refractivity contribution in [3.8, 4) is 5.75 Å². The van der Waals surface area contributed by atoms with Crippen LogP contribution in [0.2, 0.25) is 5.02 Å². The molecule has 14 nitrogen and oxygen atoms in total. The maximum Gasteiger partial charge on any atom is 0.416 e. The highest BCUT2D eigenvalue weighted by molar-refractivity contribution is 6.33. The molecule has 2 aromatic carbocycles. The molecule has 18 heteroatoms. The first-order chi connectivity index (χ1) is 27.8. The van der Waals surface area contributed by atoms with Crippen molar-refractivity contribution in [2.24, 2.45) is 0 Å². The molecule has 3 aromatic heterocycles. The number of carbonyl (C=O) groups excluding carboxylic acids is 2. The molecule has 0 saturated carbocycles. The molecule has 5 heterocycles. The van der Waals surface area contributed by atoms with Gasteiger partial charge < -0.3 is 29.2 Å². The maximum atomic E-state index is 14.6. The van der Waals surface area contributed by atoms with E-state index in [0.717, 1.165) is 29.3 Å². The maximum absolute atomic E-state index is 14.6. The molecule has 0 spiro atoms. The molecule has 2 amide bonds. The molecular weight excluding hydrogens is 779 g/mol. The van der Waals surface area contributed by atoms with E-state index < -0.39 is 35.3 Å². The Kier molecular flexibility index (Phi) is 11.5. The molecule has 58 heavy (non-hydrogen) atoms. The van der Waals surface area contributed by atoms with E-state index in [-0.39, 0.29) is 72.2 Å². The number of benzene rings is 2. The minimum atomic E-state index is -4.62. The molecule has 0 bridgehead atoms. The summed E-state index contributed by atoms with van der Waals surface area (Å²) in [5.41, 5.74) is 1.68. The number of amides is 2. The Labute approximate surface area is 336 Å². The van der Waals surface area contributed by atoms with Crippen molar-refractivity contribution in [2.45, 2.75) is 71.9 Å². The van der Waals surface area contributed by atoms with Crippen molar-refractivity contribution >= 4 is 46.1 Å². The van der Waals surface area contributed by atoms with E-state index in [1.165, 1.54) is 10.8 Å². The number of nitrogens with zero attached hydrogens (tertiary/aromatic N) is 8. The normalized spacial score (nSPS) is 17.3. The predicted octanol–water partition coefficient (Wildman–Crippen LogP) is 5.98. The van der Waals surface area contributed by atoms with Gasteiger partial charge in [0, 0.05) is 25.2 Å². The fourth-order valence-electron chi connectivity index (χ4n) is 7.29. The first kappa shape index (κ1) is 40.4. The number of nitrogens with one attached hydrogen (secondary N) is 1. The number of anilines is 2. The summed E-state index contributed by atoms with van der Waals surface area (Å²) < 4.78 is 54.3. The van der Waals surface area contributed by atoms with Gasteiger partial charge in [0.05, 0.1) is 40.9 Å². The van der Waals surface area contributed by atoms with Gasteiger partial charge in [0.1, 0.15) is 25.2 Å². The fraction of sp³-hybridized carbons (Fsp3) is 0.375. The molecule has 1 N–H and O–H groups in total. The van der Waals surface area contributed by atoms with Crippen LogP contribution in [0.5, 0.6) is 5.75 Å². The number of ether oxygens (including phenoxy) is 2. The monoisotopic (exact) mass is 819 g/mol. The molecule has 1 saturated heterocycles. The smallest absolute Gasteiger partial charge is 0.416 e. The van der Waals surface area contributed by atoms with Gasteiger partial charge in [0.25, 0.3) is 11.5 Å². The first-order valence-electron chi connectivity index (χ1n) is 18.8. The molecule has 0 aliphatic carbocycles. The molecule has 5 aromatic rings. The second kappa shape index (κ2) is 16.6. The number of hydrogen-bond donors (Lipinski definition) is 1. The lowest BCUT2D eigenvalue weighted by Crippen LogP contribution is -2.60. The van der Waals surface area contributed by atoms with Crippen LogP contribution >= 0.6 is 11.6 Å².